The summed E-state index contributed by atoms with van der Waals surface area (Å²) in [6, 6.07) is 7.79. The number of alkyl halides is 2. The maximum atomic E-state index is 14.6. The monoisotopic (exact) mass is 490 g/mol. The number of carbonyl (C=O) groups is 1. The van der Waals surface area contributed by atoms with E-state index in [1.54, 1.807) is 11.8 Å². The molecule has 2 aromatic heterocycles. The molecule has 35 heavy (non-hydrogen) atoms. The molecule has 4 rings (SSSR count). The van der Waals surface area contributed by atoms with Crippen LogP contribution in [0.2, 0.25) is 0 Å². The van der Waals surface area contributed by atoms with Crippen molar-refractivity contribution < 1.29 is 31.8 Å². The number of likely N-dealkylation sites (tertiary alicyclic amines) is 1. The number of amides is 1. The summed E-state index contributed by atoms with van der Waals surface area (Å²) in [6.45, 7) is 1.57. The van der Waals surface area contributed by atoms with Crippen molar-refractivity contribution in [3.05, 3.63) is 83.5 Å². The van der Waals surface area contributed by atoms with Gasteiger partial charge in [0.05, 0.1) is 18.2 Å². The number of anilines is 1. The van der Waals surface area contributed by atoms with E-state index in [1.807, 2.05) is 0 Å². The lowest BCUT2D eigenvalue weighted by molar-refractivity contribution is -0.605. The van der Waals surface area contributed by atoms with Gasteiger partial charge in [-0.15, -0.1) is 0 Å². The Morgan fingerprint density at radius 3 is 2.63 bits per heavy atom. The third-order valence-corrected chi connectivity index (χ3v) is 5.93. The van der Waals surface area contributed by atoms with E-state index in [0.29, 0.717) is 16.4 Å². The highest BCUT2D eigenvalue weighted by atomic mass is 19.3. The van der Waals surface area contributed by atoms with Crippen LogP contribution >= 0.6 is 0 Å². The molecular formula is C24H22F4N4O3. The Labute approximate surface area is 198 Å². The third kappa shape index (κ3) is 5.68. The van der Waals surface area contributed by atoms with Crippen LogP contribution in [0.4, 0.5) is 23.4 Å². The van der Waals surface area contributed by atoms with Gasteiger partial charge in [0.1, 0.15) is 17.4 Å². The number of aromatic nitrogens is 2. The standard InChI is InChI=1S/C24H22F4N4O3/c1-15(31-11-8-24(27,28)19(14-31)16-6-9-32(34)10-7-16)23(33)30-22-5-3-18(13-29-22)35-21-4-2-17(25)12-20(21)26/h2-7,9-10,12-13,15,19H,8,11,14H2,1H3,(H,29,30,33)/t15-,19+/m0/s1. The molecule has 1 aliphatic rings. The minimum atomic E-state index is -2.97. The van der Waals surface area contributed by atoms with Crippen LogP contribution in [0.1, 0.15) is 24.8 Å². The second kappa shape index (κ2) is 9.87. The molecule has 0 aliphatic carbocycles. The Bertz CT molecular complexity index is 1190. The smallest absolute Gasteiger partial charge is 0.257 e. The molecule has 2 atom stereocenters. The molecule has 1 aliphatic heterocycles. The van der Waals surface area contributed by atoms with Crippen LogP contribution in [-0.4, -0.2) is 40.8 Å². The van der Waals surface area contributed by atoms with E-state index in [0.717, 1.165) is 12.1 Å². The molecule has 3 heterocycles. The van der Waals surface area contributed by atoms with E-state index in [9.17, 15) is 27.6 Å². The Kier molecular flexibility index (Phi) is 6.88. The van der Waals surface area contributed by atoms with Gasteiger partial charge < -0.3 is 15.3 Å². The van der Waals surface area contributed by atoms with Gasteiger partial charge in [-0.05, 0) is 36.8 Å². The molecule has 0 unspecified atom stereocenters. The Hall–Kier alpha value is -3.73. The Balaban J connectivity index is 1.39. The number of carbonyl (C=O) groups excluding carboxylic acids is 1. The zero-order chi connectivity index (χ0) is 25.2. The highest BCUT2D eigenvalue weighted by molar-refractivity contribution is 5.93. The van der Waals surface area contributed by atoms with Crippen LogP contribution in [0.25, 0.3) is 0 Å². The Morgan fingerprint density at radius 2 is 1.97 bits per heavy atom. The lowest BCUT2D eigenvalue weighted by Crippen LogP contribution is -2.52. The molecule has 1 amide bonds. The summed E-state index contributed by atoms with van der Waals surface area (Å²) < 4.78 is 61.8. The number of nitrogens with one attached hydrogen (secondary N) is 1. The van der Waals surface area contributed by atoms with Gasteiger partial charge in [0, 0.05) is 37.7 Å². The van der Waals surface area contributed by atoms with Crippen LogP contribution in [-0.2, 0) is 4.79 Å². The fourth-order valence-corrected chi connectivity index (χ4v) is 3.88. The highest BCUT2D eigenvalue weighted by Gasteiger charge is 2.46. The van der Waals surface area contributed by atoms with Gasteiger partial charge in [0.2, 0.25) is 5.91 Å². The van der Waals surface area contributed by atoms with E-state index in [1.165, 1.54) is 42.9 Å². The van der Waals surface area contributed by atoms with Gasteiger partial charge >= 0.3 is 0 Å². The van der Waals surface area contributed by atoms with Crippen LogP contribution in [0, 0.1) is 16.8 Å². The van der Waals surface area contributed by atoms with Gasteiger partial charge in [0.15, 0.2) is 24.0 Å². The summed E-state index contributed by atoms with van der Waals surface area (Å²) in [6.07, 6.45) is 3.18. The maximum Gasteiger partial charge on any atom is 0.257 e. The number of halogens is 4. The summed E-state index contributed by atoms with van der Waals surface area (Å²) in [7, 11) is 0. The number of nitrogens with zero attached hydrogens (tertiary/aromatic N) is 3. The highest BCUT2D eigenvalue weighted by Crippen LogP contribution is 2.40. The largest absolute Gasteiger partial charge is 0.619 e. The first-order chi connectivity index (χ1) is 16.6. The summed E-state index contributed by atoms with van der Waals surface area (Å²) in [5.74, 6) is -5.99. The zero-order valence-electron chi connectivity index (χ0n) is 18.6. The second-order valence-corrected chi connectivity index (χ2v) is 8.27. The van der Waals surface area contributed by atoms with Crippen molar-refractivity contribution in [2.45, 2.75) is 31.2 Å². The predicted molar refractivity (Wildman–Crippen MR) is 118 cm³/mol. The van der Waals surface area contributed by atoms with Gasteiger partial charge in [-0.1, -0.05) is 0 Å². The van der Waals surface area contributed by atoms with Crippen molar-refractivity contribution in [2.24, 2.45) is 0 Å². The molecule has 1 N–H and O–H groups in total. The summed E-state index contributed by atoms with van der Waals surface area (Å²) in [4.78, 5) is 18.5. The molecule has 3 aromatic rings. The average Bonchev–Trinajstić information content (AvgIpc) is 2.82. The lowest BCUT2D eigenvalue weighted by Gasteiger charge is -2.40. The van der Waals surface area contributed by atoms with Gasteiger partial charge in [-0.25, -0.2) is 22.5 Å². The van der Waals surface area contributed by atoms with Crippen molar-refractivity contribution in [3.8, 4) is 11.5 Å². The second-order valence-electron chi connectivity index (χ2n) is 8.27. The van der Waals surface area contributed by atoms with E-state index in [-0.39, 0.29) is 30.4 Å². The summed E-state index contributed by atoms with van der Waals surface area (Å²) >= 11 is 0. The SMILES string of the molecule is C[C@@H](C(=O)Nc1ccc(Oc2ccc(F)cc2F)cn1)N1CCC(F)(F)[C@@H](c2cc[n+]([O-])cc2)C1. The molecule has 184 valence electrons. The predicted octanol–water partition coefficient (Wildman–Crippen LogP) is 4.24. The average molecular weight is 490 g/mol. The van der Waals surface area contributed by atoms with E-state index < -0.39 is 41.8 Å². The minimum Gasteiger partial charge on any atom is -0.619 e. The fourth-order valence-electron chi connectivity index (χ4n) is 3.88. The van der Waals surface area contributed by atoms with E-state index in [2.05, 4.69) is 10.3 Å². The van der Waals surface area contributed by atoms with Crippen LogP contribution in [0.3, 0.4) is 0 Å². The molecule has 1 fully saturated rings. The van der Waals surface area contributed by atoms with Crippen molar-refractivity contribution in [2.75, 3.05) is 18.4 Å². The maximum absolute atomic E-state index is 14.6. The first-order valence-corrected chi connectivity index (χ1v) is 10.8. The topological polar surface area (TPSA) is 81.4 Å². The normalized spacial score (nSPS) is 18.6. The first kappa shape index (κ1) is 24.4. The minimum absolute atomic E-state index is 0.0237. The molecule has 1 aromatic carbocycles. The zero-order valence-corrected chi connectivity index (χ0v) is 18.6. The van der Waals surface area contributed by atoms with Crippen LogP contribution in [0.5, 0.6) is 11.5 Å². The number of hydrogen-bond acceptors (Lipinski definition) is 5. The summed E-state index contributed by atoms with van der Waals surface area (Å²) in [5.41, 5.74) is 0.328. The molecule has 0 bridgehead atoms. The number of pyridine rings is 2. The third-order valence-electron chi connectivity index (χ3n) is 5.93. The summed E-state index contributed by atoms with van der Waals surface area (Å²) in [5, 5.41) is 13.9. The molecule has 11 heteroatoms. The number of hydrogen-bond donors (Lipinski definition) is 1. The number of ether oxygens (including phenoxy) is 1. The van der Waals surface area contributed by atoms with Crippen LogP contribution in [0.15, 0.2) is 61.1 Å². The number of rotatable bonds is 6. The Morgan fingerprint density at radius 1 is 1.23 bits per heavy atom. The van der Waals surface area contributed by atoms with Gasteiger partial charge in [0.25, 0.3) is 5.92 Å². The molecule has 7 nitrogen and oxygen atoms in total. The van der Waals surface area contributed by atoms with Gasteiger partial charge in [-0.3, -0.25) is 9.69 Å². The first-order valence-electron chi connectivity index (χ1n) is 10.8. The fraction of sp³-hybridized carbons (Fsp3) is 0.292. The number of benzene rings is 1. The quantitative estimate of drug-likeness (QED) is 0.318. The molecular weight excluding hydrogens is 468 g/mol. The van der Waals surface area contributed by atoms with Crippen LogP contribution < -0.4 is 14.8 Å². The molecule has 0 saturated carbocycles. The lowest BCUT2D eigenvalue weighted by atomic mass is 9.87. The van der Waals surface area contributed by atoms with Gasteiger partial charge in [-0.2, -0.15) is 4.73 Å². The van der Waals surface area contributed by atoms with Crippen molar-refractivity contribution in [3.63, 3.8) is 0 Å². The molecule has 0 radical (unpaired) electrons. The van der Waals surface area contributed by atoms with Crippen molar-refractivity contribution >= 4 is 11.7 Å². The van der Waals surface area contributed by atoms with E-state index >= 15 is 0 Å². The molecule has 1 saturated heterocycles. The van der Waals surface area contributed by atoms with Crippen molar-refractivity contribution in [1.82, 2.24) is 9.88 Å². The number of piperidine rings is 1. The van der Waals surface area contributed by atoms with Crippen molar-refractivity contribution in [1.29, 1.82) is 0 Å². The molecule has 0 spiro atoms. The van der Waals surface area contributed by atoms with E-state index in [4.69, 9.17) is 4.74 Å².